The van der Waals surface area contributed by atoms with Crippen LogP contribution < -0.4 is 4.90 Å². The molecule has 5 heterocycles. The molecule has 0 aromatic heterocycles. The van der Waals surface area contributed by atoms with Gasteiger partial charge in [-0.25, -0.2) is 0 Å². The third kappa shape index (κ3) is 1.87. The highest BCUT2D eigenvalue weighted by atomic mass is 16.2. The second-order valence-electron chi connectivity index (χ2n) is 9.28. The maximum absolute atomic E-state index is 13.9. The summed E-state index contributed by atoms with van der Waals surface area (Å²) in [4.78, 5) is 33.9. The lowest BCUT2D eigenvalue weighted by Gasteiger charge is -2.68. The minimum absolute atomic E-state index is 0.187. The minimum Gasteiger partial charge on any atom is -0.309 e. The van der Waals surface area contributed by atoms with Crippen LogP contribution >= 0.6 is 0 Å². The minimum atomic E-state index is -0.705. The predicted molar refractivity (Wildman–Crippen MR) is 104 cm³/mol. The van der Waals surface area contributed by atoms with Gasteiger partial charge in [-0.3, -0.25) is 19.4 Å². The van der Waals surface area contributed by atoms with Crippen LogP contribution in [0.25, 0.3) is 0 Å². The normalized spacial score (nSPS) is 41.7. The lowest BCUT2D eigenvalue weighted by Crippen LogP contribution is -2.83. The van der Waals surface area contributed by atoms with E-state index in [9.17, 15) is 9.59 Å². The number of piperidine rings is 2. The summed E-state index contributed by atoms with van der Waals surface area (Å²) in [6.07, 6.45) is 2.86. The summed E-state index contributed by atoms with van der Waals surface area (Å²) in [7, 11) is 0. The number of hydrogen-bond acceptors (Lipinski definition) is 4. The van der Waals surface area contributed by atoms with Gasteiger partial charge in [-0.1, -0.05) is 45.4 Å². The Kier molecular flexibility index (Phi) is 3.49. The van der Waals surface area contributed by atoms with Gasteiger partial charge in [0.25, 0.3) is 5.91 Å². The third-order valence-corrected chi connectivity index (χ3v) is 7.30. The van der Waals surface area contributed by atoms with Crippen LogP contribution in [0, 0.1) is 10.8 Å². The zero-order chi connectivity index (χ0) is 19.0. The van der Waals surface area contributed by atoms with Gasteiger partial charge in [-0.2, -0.15) is 0 Å². The van der Waals surface area contributed by atoms with Crippen molar-refractivity contribution < 1.29 is 9.59 Å². The molecule has 6 rings (SSSR count). The Morgan fingerprint density at radius 3 is 2.26 bits per heavy atom. The van der Waals surface area contributed by atoms with Crippen LogP contribution in [0.3, 0.4) is 0 Å². The molecule has 2 atom stereocenters. The molecule has 5 nitrogen and oxygen atoms in total. The van der Waals surface area contributed by atoms with Crippen molar-refractivity contribution in [3.8, 4) is 0 Å². The molecule has 0 N–H and O–H groups in total. The van der Waals surface area contributed by atoms with Gasteiger partial charge in [0.1, 0.15) is 5.78 Å². The van der Waals surface area contributed by atoms with Gasteiger partial charge in [-0.05, 0) is 18.9 Å². The van der Waals surface area contributed by atoms with E-state index in [1.54, 1.807) is 0 Å². The lowest BCUT2D eigenvalue weighted by molar-refractivity contribution is -0.231. The molecule has 1 spiro atoms. The van der Waals surface area contributed by atoms with Crippen LogP contribution in [0.5, 0.6) is 0 Å². The van der Waals surface area contributed by atoms with Crippen molar-refractivity contribution in [2.24, 2.45) is 10.8 Å². The molecule has 0 aliphatic carbocycles. The number of carbonyl (C=O) groups excluding carboxylic acids is 2. The average molecular weight is 367 g/mol. The van der Waals surface area contributed by atoms with Crippen molar-refractivity contribution >= 4 is 17.4 Å². The number of anilines is 1. The molecule has 5 heteroatoms. The fraction of sp³-hybridized carbons (Fsp3) is 0.636. The van der Waals surface area contributed by atoms with Crippen molar-refractivity contribution in [2.75, 3.05) is 37.6 Å². The van der Waals surface area contributed by atoms with Crippen molar-refractivity contribution in [1.82, 2.24) is 9.80 Å². The summed E-state index contributed by atoms with van der Waals surface area (Å²) < 4.78 is 0. The SMILES string of the molecule is CCCN1C(=O)C2(c3ccccc31)N1CC3(C)CN2CC(CCC)(C1)C3=O. The highest BCUT2D eigenvalue weighted by molar-refractivity contribution is 6.08. The number of para-hydroxylation sites is 1. The molecule has 27 heavy (non-hydrogen) atoms. The van der Waals surface area contributed by atoms with Gasteiger partial charge in [0, 0.05) is 38.3 Å². The second kappa shape index (κ2) is 5.42. The Labute approximate surface area is 161 Å². The quantitative estimate of drug-likeness (QED) is 0.821. The average Bonchev–Trinajstić information content (AvgIpc) is 2.87. The van der Waals surface area contributed by atoms with Crippen molar-refractivity contribution in [3.05, 3.63) is 29.8 Å². The highest BCUT2D eigenvalue weighted by Gasteiger charge is 2.72. The maximum Gasteiger partial charge on any atom is 0.267 e. The first-order valence-corrected chi connectivity index (χ1v) is 10.4. The zero-order valence-corrected chi connectivity index (χ0v) is 16.6. The van der Waals surface area contributed by atoms with E-state index < -0.39 is 5.66 Å². The molecular weight excluding hydrogens is 338 g/mol. The number of benzene rings is 1. The predicted octanol–water partition coefficient (Wildman–Crippen LogP) is 2.60. The van der Waals surface area contributed by atoms with Crippen molar-refractivity contribution in [1.29, 1.82) is 0 Å². The topological polar surface area (TPSA) is 43.9 Å². The first kappa shape index (κ1) is 17.4. The monoisotopic (exact) mass is 367 g/mol. The summed E-state index contributed by atoms with van der Waals surface area (Å²) in [5, 5.41) is 0. The molecule has 4 fully saturated rings. The van der Waals surface area contributed by atoms with Gasteiger partial charge in [-0.15, -0.1) is 0 Å². The zero-order valence-electron chi connectivity index (χ0n) is 16.6. The molecule has 5 aliphatic heterocycles. The summed E-state index contributed by atoms with van der Waals surface area (Å²) in [6, 6.07) is 8.28. The fourth-order valence-corrected chi connectivity index (χ4v) is 6.59. The molecule has 2 unspecified atom stereocenters. The number of nitrogens with zero attached hydrogens (tertiary/aromatic N) is 3. The lowest BCUT2D eigenvalue weighted by atomic mass is 9.58. The molecule has 5 aliphatic rings. The van der Waals surface area contributed by atoms with E-state index in [1.165, 1.54) is 0 Å². The van der Waals surface area contributed by atoms with Gasteiger partial charge >= 0.3 is 0 Å². The van der Waals surface area contributed by atoms with Crippen LogP contribution in [-0.4, -0.2) is 54.2 Å². The standard InChI is InChI=1S/C22H29N3O2/c1-4-10-21-14-23-12-20(3,18(21)26)13-24(15-21)22(23)16-8-6-7-9-17(16)25(11-5-2)19(22)27/h6-9H,4-5,10-15H2,1-3H3. The Morgan fingerprint density at radius 2 is 1.63 bits per heavy atom. The summed E-state index contributed by atoms with van der Waals surface area (Å²) >= 11 is 0. The molecule has 4 saturated heterocycles. The van der Waals surface area contributed by atoms with Gasteiger partial charge < -0.3 is 4.90 Å². The van der Waals surface area contributed by atoms with Crippen LogP contribution in [0.2, 0.25) is 0 Å². The molecular formula is C22H29N3O2. The van der Waals surface area contributed by atoms with Crippen LogP contribution in [0.4, 0.5) is 5.69 Å². The number of carbonyl (C=O) groups is 2. The van der Waals surface area contributed by atoms with Crippen molar-refractivity contribution in [2.45, 2.75) is 45.7 Å². The van der Waals surface area contributed by atoms with E-state index in [-0.39, 0.29) is 16.7 Å². The molecule has 144 valence electrons. The molecule has 1 amide bonds. The number of fused-ring (bicyclic) bond motifs is 1. The number of rotatable bonds is 4. The fourth-order valence-electron chi connectivity index (χ4n) is 6.59. The second-order valence-corrected chi connectivity index (χ2v) is 9.28. The Bertz CT molecular complexity index is 817. The highest BCUT2D eigenvalue weighted by Crippen LogP contribution is 2.59. The smallest absolute Gasteiger partial charge is 0.267 e. The Hall–Kier alpha value is -1.72. The number of Topliss-reactive ketones (excluding diaryl/α,β-unsaturated/α-hetero) is 1. The van der Waals surface area contributed by atoms with Gasteiger partial charge in [0.05, 0.1) is 16.5 Å². The van der Waals surface area contributed by atoms with E-state index in [4.69, 9.17) is 0 Å². The van der Waals surface area contributed by atoms with Gasteiger partial charge in [0.15, 0.2) is 5.66 Å². The van der Waals surface area contributed by atoms with Crippen LogP contribution in [-0.2, 0) is 15.3 Å². The van der Waals surface area contributed by atoms with E-state index >= 15 is 0 Å². The number of amides is 1. The summed E-state index contributed by atoms with van der Waals surface area (Å²) in [5.74, 6) is 0.621. The first-order chi connectivity index (χ1) is 12.9. The third-order valence-electron chi connectivity index (χ3n) is 7.30. The maximum atomic E-state index is 13.9. The van der Waals surface area contributed by atoms with E-state index in [0.717, 1.165) is 37.1 Å². The largest absolute Gasteiger partial charge is 0.309 e. The summed E-state index contributed by atoms with van der Waals surface area (Å²) in [6.45, 7) is 9.94. The summed E-state index contributed by atoms with van der Waals surface area (Å²) in [5.41, 5.74) is 0.800. The molecule has 4 bridgehead atoms. The van der Waals surface area contributed by atoms with E-state index in [1.807, 2.05) is 17.0 Å². The Morgan fingerprint density at radius 1 is 0.963 bits per heavy atom. The molecule has 1 aromatic rings. The molecule has 1 aromatic carbocycles. The molecule has 0 saturated carbocycles. The number of ketones is 1. The van der Waals surface area contributed by atoms with Crippen molar-refractivity contribution in [3.63, 3.8) is 0 Å². The van der Waals surface area contributed by atoms with Crippen LogP contribution in [0.1, 0.15) is 45.6 Å². The van der Waals surface area contributed by atoms with E-state index in [2.05, 4.69) is 42.7 Å². The number of hydrogen-bond donors (Lipinski definition) is 0. The van der Waals surface area contributed by atoms with E-state index in [0.29, 0.717) is 32.0 Å². The van der Waals surface area contributed by atoms with Gasteiger partial charge in [0.2, 0.25) is 0 Å². The first-order valence-electron chi connectivity index (χ1n) is 10.4. The van der Waals surface area contributed by atoms with Crippen LogP contribution in [0.15, 0.2) is 24.3 Å². The molecule has 0 radical (unpaired) electrons. The Balaban J connectivity index is 1.68.